The minimum absolute atomic E-state index is 0.230. The average Bonchev–Trinajstić information content (AvgIpc) is 2.26. The Labute approximate surface area is 67.2 Å². The van der Waals surface area contributed by atoms with Crippen LogP contribution in [0.3, 0.4) is 0 Å². The first kappa shape index (κ1) is 8.00. The zero-order valence-electron chi connectivity index (χ0n) is 5.73. The first-order chi connectivity index (χ1) is 5.20. The van der Waals surface area contributed by atoms with E-state index < -0.39 is 11.1 Å². The van der Waals surface area contributed by atoms with Gasteiger partial charge in [-0.1, -0.05) is 6.08 Å². The molecule has 0 aromatic heterocycles. The predicted octanol–water partition coefficient (Wildman–Crippen LogP) is 0.742. The summed E-state index contributed by atoms with van der Waals surface area (Å²) in [6, 6.07) is 0. The maximum Gasteiger partial charge on any atom is 0.300 e. The molecular weight excluding hydrogens is 166 g/mol. The summed E-state index contributed by atoms with van der Waals surface area (Å²) in [5, 5.41) is -0.530. The van der Waals surface area contributed by atoms with Gasteiger partial charge in [-0.2, -0.15) is 0 Å². The standard InChI is InChI=1S/C6H5NO3S/c1-2-4-5(9)7(3-8)6(10)11-4/h2-3H,1H3/b4-2+. The number of carbonyl (C=O) groups excluding carboxylic acids is 3. The first-order valence-electron chi connectivity index (χ1n) is 2.87. The molecule has 0 spiro atoms. The van der Waals surface area contributed by atoms with Crippen molar-refractivity contribution in [3.05, 3.63) is 11.0 Å². The molecule has 1 heterocycles. The molecule has 0 aliphatic carbocycles. The fourth-order valence-electron chi connectivity index (χ4n) is 0.662. The van der Waals surface area contributed by atoms with E-state index in [2.05, 4.69) is 0 Å². The van der Waals surface area contributed by atoms with Gasteiger partial charge in [-0.25, -0.2) is 4.90 Å². The third-order valence-corrected chi connectivity index (χ3v) is 2.19. The second-order valence-corrected chi connectivity index (χ2v) is 2.79. The highest BCUT2D eigenvalue weighted by atomic mass is 32.2. The Morgan fingerprint density at radius 1 is 1.45 bits per heavy atom. The Morgan fingerprint density at radius 3 is 2.36 bits per heavy atom. The number of carbonyl (C=O) groups is 3. The minimum atomic E-state index is -0.530. The van der Waals surface area contributed by atoms with Gasteiger partial charge >= 0.3 is 0 Å². The number of hydrogen-bond acceptors (Lipinski definition) is 4. The summed E-state index contributed by atoms with van der Waals surface area (Å²) in [7, 11) is 0. The lowest BCUT2D eigenvalue weighted by atomic mass is 10.5. The molecule has 1 aliphatic rings. The van der Waals surface area contributed by atoms with E-state index in [4.69, 9.17) is 0 Å². The summed E-state index contributed by atoms with van der Waals surface area (Å²) in [5.74, 6) is -0.530. The van der Waals surface area contributed by atoms with Crippen molar-refractivity contribution in [3.63, 3.8) is 0 Å². The molecule has 58 valence electrons. The van der Waals surface area contributed by atoms with Crippen LogP contribution in [0.5, 0.6) is 0 Å². The highest BCUT2D eigenvalue weighted by Crippen LogP contribution is 2.28. The highest BCUT2D eigenvalue weighted by molar-refractivity contribution is 8.18. The van der Waals surface area contributed by atoms with Crippen molar-refractivity contribution >= 4 is 29.3 Å². The second-order valence-electron chi connectivity index (χ2n) is 1.80. The summed E-state index contributed by atoms with van der Waals surface area (Å²) in [6.45, 7) is 1.64. The fraction of sp³-hybridized carbons (Fsp3) is 0.167. The van der Waals surface area contributed by atoms with Crippen LogP contribution in [0.25, 0.3) is 0 Å². The van der Waals surface area contributed by atoms with Gasteiger partial charge in [-0.3, -0.25) is 14.4 Å². The summed E-state index contributed by atoms with van der Waals surface area (Å²) < 4.78 is 0. The molecule has 0 aromatic rings. The minimum Gasteiger partial charge on any atom is -0.278 e. The molecule has 0 aromatic carbocycles. The number of nitrogens with zero attached hydrogens (tertiary/aromatic N) is 1. The van der Waals surface area contributed by atoms with E-state index in [1.165, 1.54) is 6.08 Å². The van der Waals surface area contributed by atoms with Crippen molar-refractivity contribution < 1.29 is 14.4 Å². The average molecular weight is 171 g/mol. The molecule has 0 bridgehead atoms. The van der Waals surface area contributed by atoms with Crippen LogP contribution in [0.15, 0.2) is 11.0 Å². The second kappa shape index (κ2) is 2.87. The van der Waals surface area contributed by atoms with E-state index in [0.717, 1.165) is 11.8 Å². The summed E-state index contributed by atoms with van der Waals surface area (Å²) in [4.78, 5) is 32.7. The van der Waals surface area contributed by atoms with Crippen molar-refractivity contribution in [1.29, 1.82) is 0 Å². The lowest BCUT2D eigenvalue weighted by molar-refractivity contribution is -0.130. The molecule has 1 rings (SSSR count). The SMILES string of the molecule is C/C=C1/SC(=O)N(C=O)C1=O. The van der Waals surface area contributed by atoms with Gasteiger partial charge in [-0.05, 0) is 18.7 Å². The molecule has 0 saturated carbocycles. The van der Waals surface area contributed by atoms with E-state index >= 15 is 0 Å². The number of hydrogen-bond donors (Lipinski definition) is 0. The van der Waals surface area contributed by atoms with E-state index in [0.29, 0.717) is 9.81 Å². The zero-order chi connectivity index (χ0) is 8.43. The molecule has 0 N–H and O–H groups in total. The van der Waals surface area contributed by atoms with Gasteiger partial charge < -0.3 is 0 Å². The van der Waals surface area contributed by atoms with Crippen LogP contribution in [0.2, 0.25) is 0 Å². The molecule has 0 radical (unpaired) electrons. The Balaban J connectivity index is 2.96. The molecule has 4 nitrogen and oxygen atoms in total. The van der Waals surface area contributed by atoms with Gasteiger partial charge in [0, 0.05) is 0 Å². The number of thioether (sulfide) groups is 1. The third kappa shape index (κ3) is 1.19. The van der Waals surface area contributed by atoms with Crippen molar-refractivity contribution in [1.82, 2.24) is 4.90 Å². The molecule has 0 atom stereocenters. The van der Waals surface area contributed by atoms with Crippen LogP contribution in [-0.2, 0) is 9.59 Å². The molecule has 11 heavy (non-hydrogen) atoms. The molecule has 1 fully saturated rings. The lowest BCUT2D eigenvalue weighted by Gasteiger charge is -1.97. The molecule has 0 unspecified atom stereocenters. The molecule has 3 amide bonds. The predicted molar refractivity (Wildman–Crippen MR) is 39.7 cm³/mol. The Hall–Kier alpha value is -1.10. The van der Waals surface area contributed by atoms with Crippen LogP contribution >= 0.6 is 11.8 Å². The van der Waals surface area contributed by atoms with Crippen LogP contribution in [-0.4, -0.2) is 22.5 Å². The van der Waals surface area contributed by atoms with Gasteiger partial charge in [-0.15, -0.1) is 0 Å². The van der Waals surface area contributed by atoms with Gasteiger partial charge in [0.05, 0.1) is 4.91 Å². The van der Waals surface area contributed by atoms with E-state index in [-0.39, 0.29) is 6.41 Å². The Morgan fingerprint density at radius 2 is 2.09 bits per heavy atom. The Bertz CT molecular complexity index is 259. The lowest BCUT2D eigenvalue weighted by Crippen LogP contribution is -2.25. The summed E-state index contributed by atoms with van der Waals surface area (Å²) >= 11 is 0.774. The molecule has 1 saturated heterocycles. The van der Waals surface area contributed by atoms with Crippen molar-refractivity contribution in [2.45, 2.75) is 6.92 Å². The van der Waals surface area contributed by atoms with Gasteiger partial charge in [0.1, 0.15) is 0 Å². The topological polar surface area (TPSA) is 54.5 Å². The largest absolute Gasteiger partial charge is 0.300 e. The molecule has 5 heteroatoms. The van der Waals surface area contributed by atoms with Crippen molar-refractivity contribution in [2.24, 2.45) is 0 Å². The maximum absolute atomic E-state index is 11.0. The number of amides is 3. The smallest absolute Gasteiger partial charge is 0.278 e. The third-order valence-electron chi connectivity index (χ3n) is 1.19. The summed E-state index contributed by atoms with van der Waals surface area (Å²) in [5.41, 5.74) is 0. The van der Waals surface area contributed by atoms with Crippen LogP contribution in [0.4, 0.5) is 4.79 Å². The van der Waals surface area contributed by atoms with Gasteiger partial charge in [0.2, 0.25) is 6.41 Å². The Kier molecular flexibility index (Phi) is 2.09. The van der Waals surface area contributed by atoms with E-state index in [1.54, 1.807) is 6.92 Å². The zero-order valence-corrected chi connectivity index (χ0v) is 6.55. The van der Waals surface area contributed by atoms with Gasteiger partial charge in [0.25, 0.3) is 11.1 Å². The molecule has 1 aliphatic heterocycles. The van der Waals surface area contributed by atoms with Crippen LogP contribution < -0.4 is 0 Å². The number of imide groups is 3. The van der Waals surface area contributed by atoms with E-state index in [1.807, 2.05) is 0 Å². The van der Waals surface area contributed by atoms with Gasteiger partial charge in [0.15, 0.2) is 0 Å². The molecular formula is C6H5NO3S. The highest BCUT2D eigenvalue weighted by Gasteiger charge is 2.34. The monoisotopic (exact) mass is 171 g/mol. The maximum atomic E-state index is 11.0. The first-order valence-corrected chi connectivity index (χ1v) is 3.69. The number of allylic oxidation sites excluding steroid dienone is 1. The van der Waals surface area contributed by atoms with Crippen LogP contribution in [0.1, 0.15) is 6.92 Å². The van der Waals surface area contributed by atoms with E-state index in [9.17, 15) is 14.4 Å². The normalized spacial score (nSPS) is 21.5. The number of rotatable bonds is 1. The van der Waals surface area contributed by atoms with Crippen LogP contribution in [0, 0.1) is 0 Å². The quantitative estimate of drug-likeness (QED) is 0.431. The summed E-state index contributed by atoms with van der Waals surface area (Å²) in [6.07, 6.45) is 1.74. The van der Waals surface area contributed by atoms with Crippen molar-refractivity contribution in [3.8, 4) is 0 Å². The van der Waals surface area contributed by atoms with Crippen molar-refractivity contribution in [2.75, 3.05) is 0 Å². The fourth-order valence-corrected chi connectivity index (χ4v) is 1.38.